The second-order valence-electron chi connectivity index (χ2n) is 9.22. The first kappa shape index (κ1) is 24.0. The molecular weight excluding hydrogens is 438 g/mol. The first-order chi connectivity index (χ1) is 16.5. The van der Waals surface area contributed by atoms with Crippen LogP contribution in [0.25, 0.3) is 0 Å². The fourth-order valence-corrected chi connectivity index (χ4v) is 4.38. The fraction of sp³-hybridized carbons (Fsp3) is 0.200. The third-order valence-corrected chi connectivity index (χ3v) is 6.17. The number of benzene rings is 4. The van der Waals surface area contributed by atoms with Gasteiger partial charge in [0.25, 0.3) is 0 Å². The summed E-state index contributed by atoms with van der Waals surface area (Å²) >= 11 is 0. The third-order valence-electron chi connectivity index (χ3n) is 6.17. The van der Waals surface area contributed by atoms with E-state index in [1.165, 1.54) is 0 Å². The van der Waals surface area contributed by atoms with Gasteiger partial charge in [-0.05, 0) is 106 Å². The zero-order valence-corrected chi connectivity index (χ0v) is 21.0. The van der Waals surface area contributed by atoms with Gasteiger partial charge in [-0.25, -0.2) is 0 Å². The number of nitrogens with zero attached hydrogens (tertiary/aromatic N) is 1. The van der Waals surface area contributed by atoms with E-state index in [1.807, 2.05) is 88.9 Å². The number of aromatic hydroxyl groups is 3. The Morgan fingerprint density at radius 2 is 1.11 bits per heavy atom. The van der Waals surface area contributed by atoms with Gasteiger partial charge in [-0.1, -0.05) is 12.1 Å². The Morgan fingerprint density at radius 1 is 0.600 bits per heavy atom. The van der Waals surface area contributed by atoms with Crippen molar-refractivity contribution in [2.75, 3.05) is 4.90 Å². The molecule has 0 saturated heterocycles. The monoisotopic (exact) mass is 469 g/mol. The van der Waals surface area contributed by atoms with Gasteiger partial charge in [0.1, 0.15) is 17.2 Å². The van der Waals surface area contributed by atoms with Crippen LogP contribution in [-0.2, 0) is 0 Å². The van der Waals surface area contributed by atoms with Crippen molar-refractivity contribution in [3.05, 3.63) is 94.0 Å². The van der Waals surface area contributed by atoms with Crippen LogP contribution < -0.4 is 9.64 Å². The molecule has 0 saturated carbocycles. The largest absolute Gasteiger partial charge is 0.508 e. The van der Waals surface area contributed by atoms with Crippen LogP contribution in [0.3, 0.4) is 0 Å². The van der Waals surface area contributed by atoms with Crippen LogP contribution in [0.15, 0.2) is 60.7 Å². The number of hydrogen-bond acceptors (Lipinski definition) is 5. The lowest BCUT2D eigenvalue weighted by Crippen LogP contribution is -2.13. The number of phenols is 3. The van der Waals surface area contributed by atoms with E-state index in [4.69, 9.17) is 4.74 Å². The quantitative estimate of drug-likeness (QED) is 0.277. The number of phenolic OH excluding ortho intramolecular Hbond substituents is 3. The molecule has 0 heterocycles. The Hall–Kier alpha value is -4.12. The van der Waals surface area contributed by atoms with Gasteiger partial charge < -0.3 is 25.0 Å². The van der Waals surface area contributed by atoms with Crippen LogP contribution in [0, 0.1) is 41.5 Å². The molecule has 5 heteroatoms. The van der Waals surface area contributed by atoms with Gasteiger partial charge in [-0.3, -0.25) is 0 Å². The summed E-state index contributed by atoms with van der Waals surface area (Å²) in [7, 11) is 0. The van der Waals surface area contributed by atoms with Gasteiger partial charge in [-0.2, -0.15) is 0 Å². The SMILES string of the molecule is Cc1cc(C)c(Oc2cccc(N(c3cc(C)cc(O)c3C)c3cc(C)cc(O)c3C)c2)c(O)c1. The fourth-order valence-electron chi connectivity index (χ4n) is 4.38. The summed E-state index contributed by atoms with van der Waals surface area (Å²) in [6.45, 7) is 11.4. The summed E-state index contributed by atoms with van der Waals surface area (Å²) in [5.41, 5.74) is 7.42. The van der Waals surface area contributed by atoms with E-state index in [0.717, 1.165) is 39.3 Å². The highest BCUT2D eigenvalue weighted by Crippen LogP contribution is 2.44. The molecule has 5 nitrogen and oxygen atoms in total. The Labute approximate surface area is 206 Å². The predicted molar refractivity (Wildman–Crippen MR) is 141 cm³/mol. The van der Waals surface area contributed by atoms with Gasteiger partial charge in [0.05, 0.1) is 11.4 Å². The van der Waals surface area contributed by atoms with Crippen molar-refractivity contribution < 1.29 is 20.1 Å². The van der Waals surface area contributed by atoms with Crippen LogP contribution in [0.4, 0.5) is 17.1 Å². The number of aryl methyl sites for hydroxylation is 4. The minimum atomic E-state index is 0.0867. The summed E-state index contributed by atoms with van der Waals surface area (Å²) < 4.78 is 6.14. The number of ether oxygens (including phenoxy) is 1. The Morgan fingerprint density at radius 3 is 1.66 bits per heavy atom. The number of rotatable bonds is 5. The van der Waals surface area contributed by atoms with Gasteiger partial charge in [0, 0.05) is 22.9 Å². The predicted octanol–water partition coefficient (Wildman–Crippen LogP) is 7.92. The highest BCUT2D eigenvalue weighted by Gasteiger charge is 2.21. The molecule has 0 aromatic heterocycles. The average molecular weight is 470 g/mol. The van der Waals surface area contributed by atoms with Gasteiger partial charge in [-0.15, -0.1) is 0 Å². The molecule has 0 spiro atoms. The van der Waals surface area contributed by atoms with E-state index in [-0.39, 0.29) is 17.2 Å². The molecule has 3 N–H and O–H groups in total. The van der Waals surface area contributed by atoms with Crippen molar-refractivity contribution in [3.63, 3.8) is 0 Å². The minimum Gasteiger partial charge on any atom is -0.508 e. The van der Waals surface area contributed by atoms with Crippen molar-refractivity contribution in [1.82, 2.24) is 0 Å². The van der Waals surface area contributed by atoms with Crippen LogP contribution in [0.1, 0.15) is 33.4 Å². The summed E-state index contributed by atoms with van der Waals surface area (Å²) in [6, 6.07) is 18.7. The summed E-state index contributed by atoms with van der Waals surface area (Å²) in [6.07, 6.45) is 0. The van der Waals surface area contributed by atoms with Crippen LogP contribution >= 0.6 is 0 Å². The second kappa shape index (κ2) is 9.26. The van der Waals surface area contributed by atoms with Crippen molar-refractivity contribution in [1.29, 1.82) is 0 Å². The molecule has 4 rings (SSSR count). The zero-order chi connectivity index (χ0) is 25.4. The normalized spacial score (nSPS) is 10.9. The lowest BCUT2D eigenvalue weighted by molar-refractivity contribution is 0.408. The molecule has 0 unspecified atom stereocenters. The summed E-state index contributed by atoms with van der Waals surface area (Å²) in [5, 5.41) is 31.7. The molecule has 0 aliphatic rings. The molecule has 35 heavy (non-hydrogen) atoms. The second-order valence-corrected chi connectivity index (χ2v) is 9.22. The van der Waals surface area contributed by atoms with Gasteiger partial charge >= 0.3 is 0 Å². The van der Waals surface area contributed by atoms with E-state index in [1.54, 1.807) is 18.2 Å². The maximum atomic E-state index is 10.6. The van der Waals surface area contributed by atoms with Crippen LogP contribution in [0.2, 0.25) is 0 Å². The highest BCUT2D eigenvalue weighted by atomic mass is 16.5. The number of anilines is 3. The average Bonchev–Trinajstić information content (AvgIpc) is 2.77. The Kier molecular flexibility index (Phi) is 6.35. The number of hydrogen-bond donors (Lipinski definition) is 3. The molecule has 4 aromatic carbocycles. The molecular formula is C30H31NO4. The Bertz CT molecular complexity index is 1340. The maximum Gasteiger partial charge on any atom is 0.171 e. The lowest BCUT2D eigenvalue weighted by Gasteiger charge is -2.30. The van der Waals surface area contributed by atoms with Crippen LogP contribution in [0.5, 0.6) is 28.7 Å². The van der Waals surface area contributed by atoms with Crippen molar-refractivity contribution >= 4 is 17.1 Å². The Balaban J connectivity index is 1.91. The van der Waals surface area contributed by atoms with Crippen LogP contribution in [-0.4, -0.2) is 15.3 Å². The summed E-state index contributed by atoms with van der Waals surface area (Å²) in [4.78, 5) is 2.01. The topological polar surface area (TPSA) is 73.2 Å². The highest BCUT2D eigenvalue weighted by molar-refractivity contribution is 5.83. The molecule has 0 aliphatic heterocycles. The van der Waals surface area contributed by atoms with E-state index in [9.17, 15) is 15.3 Å². The zero-order valence-electron chi connectivity index (χ0n) is 21.0. The van der Waals surface area contributed by atoms with Crippen molar-refractivity contribution in [3.8, 4) is 28.7 Å². The lowest BCUT2D eigenvalue weighted by atomic mass is 10.0. The molecule has 180 valence electrons. The van der Waals surface area contributed by atoms with Crippen molar-refractivity contribution in [2.45, 2.75) is 41.5 Å². The molecule has 0 aliphatic carbocycles. The molecule has 0 amide bonds. The standard InChI is InChI=1S/C30H31NO4/c1-17-10-20(4)30(29(34)15-17)35-24-9-7-8-23(16-24)31(25-11-18(2)13-27(32)21(25)5)26-12-19(3)14-28(33)22(26)6/h7-16,32-34H,1-6H3. The maximum absolute atomic E-state index is 10.6. The van der Waals surface area contributed by atoms with Gasteiger partial charge in [0.15, 0.2) is 11.5 Å². The first-order valence-corrected chi connectivity index (χ1v) is 11.5. The molecule has 0 fully saturated rings. The summed E-state index contributed by atoms with van der Waals surface area (Å²) in [5.74, 6) is 1.45. The van der Waals surface area contributed by atoms with Gasteiger partial charge in [0.2, 0.25) is 0 Å². The molecule has 0 bridgehead atoms. The van der Waals surface area contributed by atoms with E-state index in [0.29, 0.717) is 22.6 Å². The molecule has 0 radical (unpaired) electrons. The smallest absolute Gasteiger partial charge is 0.171 e. The minimum absolute atomic E-state index is 0.0867. The third kappa shape index (κ3) is 4.76. The van der Waals surface area contributed by atoms with E-state index < -0.39 is 0 Å². The molecule has 0 atom stereocenters. The van der Waals surface area contributed by atoms with E-state index in [2.05, 4.69) is 0 Å². The van der Waals surface area contributed by atoms with Crippen molar-refractivity contribution in [2.24, 2.45) is 0 Å². The van der Waals surface area contributed by atoms with E-state index >= 15 is 0 Å². The molecule has 4 aromatic rings. The first-order valence-electron chi connectivity index (χ1n) is 11.5.